The third-order valence-corrected chi connectivity index (χ3v) is 16.3. The molecule has 0 fully saturated rings. The minimum absolute atomic E-state index is 1.17. The van der Waals surface area contributed by atoms with E-state index in [4.69, 9.17) is 23.6 Å². The molecule has 0 N–H and O–H groups in total. The molecule has 0 saturated carbocycles. The molecule has 0 bridgehead atoms. The smallest absolute Gasteiger partial charge is 0.122 e. The van der Waals surface area contributed by atoms with Gasteiger partial charge in [-0.3, -0.25) is 18.7 Å². The number of pyridine rings is 1. The molecule has 0 saturated heterocycles. The van der Waals surface area contributed by atoms with Crippen LogP contribution in [0.1, 0.15) is 5.56 Å². The van der Waals surface area contributed by atoms with Gasteiger partial charge in [-0.1, -0.05) is 29.7 Å². The van der Waals surface area contributed by atoms with E-state index in [0.29, 0.717) is 0 Å². The van der Waals surface area contributed by atoms with Crippen LogP contribution in [0, 0.1) is 6.92 Å². The van der Waals surface area contributed by atoms with Gasteiger partial charge in [-0.15, -0.1) is 0 Å². The largest absolute Gasteiger partial charge is 0.313 e. The van der Waals surface area contributed by atoms with Gasteiger partial charge in [0.25, 0.3) is 0 Å². The van der Waals surface area contributed by atoms with Gasteiger partial charge in [0, 0.05) is 11.5 Å². The van der Waals surface area contributed by atoms with Crippen LogP contribution in [0.15, 0.2) is 24.4 Å². The topological polar surface area (TPSA) is 17.4 Å². The zero-order valence-electron chi connectivity index (χ0n) is 17.3. The van der Waals surface area contributed by atoms with Crippen LogP contribution in [-0.4, -0.2) is 79.5 Å². The third-order valence-electron chi connectivity index (χ3n) is 4.76. The molecular formula is C17H31N5P2S2. The summed E-state index contributed by atoms with van der Waals surface area (Å²) >= 11 is 12.6. The summed E-state index contributed by atoms with van der Waals surface area (Å²) in [6.07, 6.45) is -2.08. The number of fused-ring (bicyclic) bond motifs is 1. The first-order valence-corrected chi connectivity index (χ1v) is 13.8. The Hall–Kier alpha value is -0.100. The molecule has 0 aliphatic heterocycles. The van der Waals surface area contributed by atoms with Gasteiger partial charge in [0.05, 0.1) is 11.0 Å². The van der Waals surface area contributed by atoms with E-state index in [2.05, 4.69) is 111 Å². The van der Waals surface area contributed by atoms with Crippen molar-refractivity contribution in [1.29, 1.82) is 0 Å². The number of hydrogen-bond acceptors (Lipinski definition) is 2. The van der Waals surface area contributed by atoms with Crippen molar-refractivity contribution >= 4 is 52.5 Å². The number of hydrogen-bond donors (Lipinski definition) is 0. The first-order valence-electron chi connectivity index (χ1n) is 8.43. The summed E-state index contributed by atoms with van der Waals surface area (Å²) < 4.78 is 11.1. The number of rotatable bonds is 6. The van der Waals surface area contributed by atoms with E-state index in [1.54, 1.807) is 0 Å². The fourth-order valence-corrected chi connectivity index (χ4v) is 9.99. The molecule has 0 radical (unpaired) electrons. The van der Waals surface area contributed by atoms with Crippen molar-refractivity contribution in [1.82, 2.24) is 23.1 Å². The predicted octanol–water partition coefficient (Wildman–Crippen LogP) is 2.36. The van der Waals surface area contributed by atoms with Gasteiger partial charge in [-0.25, -0.2) is 0 Å². The molecule has 26 heavy (non-hydrogen) atoms. The first-order chi connectivity index (χ1) is 11.9. The van der Waals surface area contributed by atoms with Gasteiger partial charge in [-0.05, 0) is 81.0 Å². The third kappa shape index (κ3) is 3.17. The number of aromatic nitrogens is 1. The molecule has 2 aromatic heterocycles. The van der Waals surface area contributed by atoms with E-state index in [-0.39, 0.29) is 0 Å². The fraction of sp³-hybridized carbons (Fsp3) is 0.529. The minimum Gasteiger partial charge on any atom is -0.313 e. The van der Waals surface area contributed by atoms with E-state index in [1.165, 1.54) is 21.8 Å². The van der Waals surface area contributed by atoms with Crippen molar-refractivity contribution in [2.45, 2.75) is 6.92 Å². The van der Waals surface area contributed by atoms with Crippen LogP contribution in [0.25, 0.3) is 5.52 Å². The molecule has 146 valence electrons. The Morgan fingerprint density at radius 3 is 1.65 bits per heavy atom. The average Bonchev–Trinajstić information content (AvgIpc) is 2.85. The lowest BCUT2D eigenvalue weighted by Gasteiger charge is -2.37. The highest BCUT2D eigenvalue weighted by atomic mass is 32.4. The van der Waals surface area contributed by atoms with Crippen molar-refractivity contribution in [3.8, 4) is 0 Å². The molecule has 2 aromatic rings. The maximum Gasteiger partial charge on any atom is 0.122 e. The summed E-state index contributed by atoms with van der Waals surface area (Å²) in [4.78, 5) is 0. The monoisotopic (exact) mass is 431 g/mol. The molecule has 0 unspecified atom stereocenters. The van der Waals surface area contributed by atoms with E-state index < -0.39 is 12.7 Å². The zero-order valence-corrected chi connectivity index (χ0v) is 20.7. The van der Waals surface area contributed by atoms with Crippen molar-refractivity contribution < 1.29 is 0 Å². The summed E-state index contributed by atoms with van der Waals surface area (Å²) in [5, 5.41) is 1.25. The predicted molar refractivity (Wildman–Crippen MR) is 125 cm³/mol. The fourth-order valence-electron chi connectivity index (χ4n) is 3.52. The highest BCUT2D eigenvalue weighted by Crippen LogP contribution is 2.54. The van der Waals surface area contributed by atoms with Gasteiger partial charge in [-0.2, -0.15) is 0 Å². The maximum atomic E-state index is 6.30. The van der Waals surface area contributed by atoms with Gasteiger partial charge < -0.3 is 4.40 Å². The molecule has 2 rings (SSSR count). The van der Waals surface area contributed by atoms with Crippen LogP contribution in [0.5, 0.6) is 0 Å². The zero-order chi connectivity index (χ0) is 20.0. The van der Waals surface area contributed by atoms with Crippen LogP contribution in [-0.2, 0) is 23.6 Å². The molecule has 0 spiro atoms. The van der Waals surface area contributed by atoms with Gasteiger partial charge >= 0.3 is 0 Å². The second kappa shape index (κ2) is 7.73. The maximum absolute atomic E-state index is 6.30. The highest BCUT2D eigenvalue weighted by molar-refractivity contribution is 8.17. The van der Waals surface area contributed by atoms with Crippen molar-refractivity contribution in [2.75, 3.05) is 56.4 Å². The quantitative estimate of drug-likeness (QED) is 0.649. The normalized spacial score (nSPS) is 13.7. The van der Waals surface area contributed by atoms with Crippen molar-refractivity contribution in [3.05, 3.63) is 30.0 Å². The van der Waals surface area contributed by atoms with Crippen LogP contribution < -0.4 is 10.7 Å². The summed E-state index contributed by atoms with van der Waals surface area (Å²) in [7, 11) is 16.7. The van der Waals surface area contributed by atoms with Crippen LogP contribution in [0.3, 0.4) is 0 Å². The van der Waals surface area contributed by atoms with Crippen molar-refractivity contribution in [3.63, 3.8) is 0 Å². The Kier molecular flexibility index (Phi) is 6.60. The standard InChI is InChI=1S/C17H31N5P2S2/c1-14-16(23(25,18(2)3)19(4)5)15-12-10-11-13-22(15)17(14)24(26,20(6)7)21(8)9/h10-13H,1-9H3. The first kappa shape index (κ1) is 22.2. The summed E-state index contributed by atoms with van der Waals surface area (Å²) in [6, 6.07) is 6.33. The molecule has 0 aliphatic rings. The second-order valence-corrected chi connectivity index (χ2v) is 16.5. The average molecular weight is 432 g/mol. The van der Waals surface area contributed by atoms with E-state index in [9.17, 15) is 0 Å². The molecule has 0 atom stereocenters. The van der Waals surface area contributed by atoms with E-state index in [1.807, 2.05) is 0 Å². The molecule has 9 heteroatoms. The lowest BCUT2D eigenvalue weighted by molar-refractivity contribution is 0.580. The molecule has 5 nitrogen and oxygen atoms in total. The number of nitrogens with zero attached hydrogens (tertiary/aromatic N) is 5. The SMILES string of the molecule is Cc1c(P(=S)(N(C)C)N(C)C)c2ccccn2c1P(=S)(N(C)C)N(C)C. The van der Waals surface area contributed by atoms with Crippen LogP contribution >= 0.6 is 12.7 Å². The Balaban J connectivity index is 3.06. The van der Waals surface area contributed by atoms with Crippen LogP contribution in [0.2, 0.25) is 0 Å². The van der Waals surface area contributed by atoms with Gasteiger partial charge in [0.15, 0.2) is 0 Å². The molecule has 0 aliphatic carbocycles. The molecule has 2 heterocycles. The van der Waals surface area contributed by atoms with E-state index >= 15 is 0 Å². The minimum atomic E-state index is -2.11. The molecular weight excluding hydrogens is 400 g/mol. The highest BCUT2D eigenvalue weighted by Gasteiger charge is 2.37. The summed E-state index contributed by atoms with van der Waals surface area (Å²) in [5.74, 6) is 0. The van der Waals surface area contributed by atoms with Crippen molar-refractivity contribution in [2.24, 2.45) is 0 Å². The van der Waals surface area contributed by atoms with Crippen LogP contribution in [0.4, 0.5) is 0 Å². The lowest BCUT2D eigenvalue weighted by atomic mass is 10.3. The Labute approximate surface area is 168 Å². The molecule has 0 aromatic carbocycles. The Bertz CT molecular complexity index is 807. The second-order valence-electron chi connectivity index (χ2n) is 7.23. The summed E-state index contributed by atoms with van der Waals surface area (Å²) in [6.45, 7) is 2.19. The summed E-state index contributed by atoms with van der Waals surface area (Å²) in [5.41, 5.74) is 3.60. The lowest BCUT2D eigenvalue weighted by Crippen LogP contribution is -2.33. The van der Waals surface area contributed by atoms with Gasteiger partial charge in [0.1, 0.15) is 12.7 Å². The molecule has 0 amide bonds. The Morgan fingerprint density at radius 1 is 0.769 bits per heavy atom. The van der Waals surface area contributed by atoms with Gasteiger partial charge in [0.2, 0.25) is 0 Å². The Morgan fingerprint density at radius 2 is 1.23 bits per heavy atom. The van der Waals surface area contributed by atoms with E-state index in [0.717, 1.165) is 0 Å².